The molecule has 4 nitrogen and oxygen atoms in total. The molecule has 0 amide bonds. The van der Waals surface area contributed by atoms with Crippen LogP contribution in [0.15, 0.2) is 179 Å². The van der Waals surface area contributed by atoms with Gasteiger partial charge in [0.25, 0.3) is 0 Å². The summed E-state index contributed by atoms with van der Waals surface area (Å²) in [7, 11) is 0. The van der Waals surface area contributed by atoms with Crippen molar-refractivity contribution in [3.63, 3.8) is 0 Å². The molecule has 0 atom stereocenters. The smallest absolute Gasteiger partial charge is 0.172 e. The molecule has 0 N–H and O–H groups in total. The average molecular weight is 865 g/mol. The highest BCUT2D eigenvalue weighted by Gasteiger charge is 2.25. The van der Waals surface area contributed by atoms with Crippen LogP contribution in [0.3, 0.4) is 0 Å². The number of para-hydroxylation sites is 2. The summed E-state index contributed by atoms with van der Waals surface area (Å²) in [4.78, 5) is 0. The molecule has 6 aromatic heterocycles. The van der Waals surface area contributed by atoms with Crippen molar-refractivity contribution in [3.05, 3.63) is 170 Å². The highest BCUT2D eigenvalue weighted by atomic mass is 32.1. The van der Waals surface area contributed by atoms with Gasteiger partial charge in [-0.1, -0.05) is 84.9 Å². The van der Waals surface area contributed by atoms with Crippen molar-refractivity contribution in [2.24, 2.45) is 0 Å². The summed E-state index contributed by atoms with van der Waals surface area (Å²) in [6.45, 7) is 0. The quantitative estimate of drug-likeness (QED) is 0.128. The van der Waals surface area contributed by atoms with Crippen LogP contribution in [0, 0.1) is 0 Å². The van der Waals surface area contributed by atoms with E-state index in [1.165, 1.54) is 60.9 Å². The molecule has 8 heteroatoms. The number of nitrogens with zero attached hydrogens (tertiary/aromatic N) is 2. The van der Waals surface area contributed by atoms with E-state index in [0.29, 0.717) is 0 Å². The number of benzene rings is 9. The molecular formula is C54H28N2O2S4. The fraction of sp³-hybridized carbons (Fsp3) is 0. The van der Waals surface area contributed by atoms with E-state index in [2.05, 4.69) is 179 Å². The zero-order chi connectivity index (χ0) is 40.2. The van der Waals surface area contributed by atoms with Crippen LogP contribution in [0.5, 0.6) is 0 Å². The SMILES string of the molecule is c1ccc2c(c1)sc1ccc(-c3ccc4c(c3)oc3c5sc6ccccc6n6c7ccc(-c8ccc9sc%10ccccc%10c9c8)cc7oc(c7sc8ccccc8n4c37)c56)cc12. The standard InChI is InChI=1S/C54H28N2O2S4/c1-5-13-43-33(9-1)35-25-29(19-23-45(35)59-43)31-17-21-37-41(27-31)57-51-49-54(62-47-15-7-3-11-39(47)55(37)49)52-50-53(51)61-48-16-8-4-12-40(48)56(50)38-22-18-32(28-42(38)58-52)30-20-24-46-36(26-30)34-10-2-6-14-44(34)60-46/h1-28H. The lowest BCUT2D eigenvalue weighted by atomic mass is 10.0. The van der Waals surface area contributed by atoms with Gasteiger partial charge in [-0.2, -0.15) is 0 Å². The topological polar surface area (TPSA) is 35.1 Å². The molecule has 9 aromatic carbocycles. The van der Waals surface area contributed by atoms with E-state index in [9.17, 15) is 0 Å². The maximum absolute atomic E-state index is 7.30. The average Bonchev–Trinajstić information content (AvgIpc) is 3.90. The van der Waals surface area contributed by atoms with Gasteiger partial charge in [0.2, 0.25) is 0 Å². The molecule has 15 aromatic rings. The summed E-state index contributed by atoms with van der Waals surface area (Å²) >= 11 is 7.23. The lowest BCUT2D eigenvalue weighted by Crippen LogP contribution is -2.00. The van der Waals surface area contributed by atoms with Crippen LogP contribution in [-0.4, -0.2) is 8.80 Å². The van der Waals surface area contributed by atoms with E-state index in [4.69, 9.17) is 8.83 Å². The zero-order valence-corrected chi connectivity index (χ0v) is 35.8. The normalized spacial score (nSPS) is 12.5. The van der Waals surface area contributed by atoms with E-state index in [1.807, 2.05) is 22.7 Å². The van der Waals surface area contributed by atoms with Crippen molar-refractivity contribution in [1.29, 1.82) is 0 Å². The van der Waals surface area contributed by atoms with Gasteiger partial charge in [0, 0.05) is 40.3 Å². The lowest BCUT2D eigenvalue weighted by molar-refractivity contribution is 0.653. The maximum atomic E-state index is 7.30. The second-order valence-corrected chi connectivity index (χ2v) is 20.3. The van der Waals surface area contributed by atoms with Crippen LogP contribution in [0.25, 0.3) is 137 Å². The van der Waals surface area contributed by atoms with Gasteiger partial charge in [0.15, 0.2) is 22.3 Å². The first kappa shape index (κ1) is 33.7. The third-order valence-corrected chi connectivity index (χ3v) is 17.2. The molecule has 0 fully saturated rings. The number of thiophene rings is 2. The monoisotopic (exact) mass is 864 g/mol. The van der Waals surface area contributed by atoms with E-state index < -0.39 is 0 Å². The molecule has 62 heavy (non-hydrogen) atoms. The van der Waals surface area contributed by atoms with Crippen molar-refractivity contribution in [3.8, 4) is 22.3 Å². The van der Waals surface area contributed by atoms with Crippen molar-refractivity contribution < 1.29 is 8.83 Å². The molecule has 0 aliphatic rings. The predicted octanol–water partition coefficient (Wildman–Crippen LogP) is 17.6. The van der Waals surface area contributed by atoms with Crippen LogP contribution in [-0.2, 0) is 0 Å². The molecule has 0 aliphatic carbocycles. The number of hydrogen-bond donors (Lipinski definition) is 0. The number of rotatable bonds is 2. The van der Waals surface area contributed by atoms with Gasteiger partial charge in [-0.3, -0.25) is 0 Å². The number of hydrogen-bond acceptors (Lipinski definition) is 6. The second kappa shape index (κ2) is 12.3. The van der Waals surface area contributed by atoms with Crippen molar-refractivity contribution in [2.45, 2.75) is 0 Å². The summed E-state index contributed by atoms with van der Waals surface area (Å²) in [5.41, 5.74) is 14.3. The molecule has 0 bridgehead atoms. The van der Waals surface area contributed by atoms with Crippen molar-refractivity contribution in [2.75, 3.05) is 0 Å². The molecule has 0 aliphatic heterocycles. The zero-order valence-electron chi connectivity index (χ0n) is 32.5. The molecule has 0 unspecified atom stereocenters. The van der Waals surface area contributed by atoms with Crippen LogP contribution in [0.4, 0.5) is 0 Å². The summed E-state index contributed by atoms with van der Waals surface area (Å²) in [6.07, 6.45) is 0. The first-order valence-electron chi connectivity index (χ1n) is 20.6. The minimum Gasteiger partial charge on any atom is -0.451 e. The van der Waals surface area contributed by atoms with E-state index in [0.717, 1.165) is 76.0 Å². The number of fused-ring (bicyclic) bond motifs is 16. The molecule has 0 radical (unpaired) electrons. The Labute approximate surface area is 367 Å². The maximum Gasteiger partial charge on any atom is 0.172 e. The van der Waals surface area contributed by atoms with Crippen LogP contribution in [0.1, 0.15) is 0 Å². The minimum atomic E-state index is 0.831. The lowest BCUT2D eigenvalue weighted by Gasteiger charge is -2.20. The van der Waals surface area contributed by atoms with Crippen molar-refractivity contribution >= 4 is 160 Å². The number of aromatic nitrogens is 2. The van der Waals surface area contributed by atoms with Crippen LogP contribution in [0.2, 0.25) is 0 Å². The molecule has 0 saturated carbocycles. The molecule has 0 spiro atoms. The Bertz CT molecular complexity index is 4190. The van der Waals surface area contributed by atoms with Gasteiger partial charge < -0.3 is 17.6 Å². The highest BCUT2D eigenvalue weighted by molar-refractivity contribution is 7.27. The third-order valence-electron chi connectivity index (χ3n) is 12.6. The van der Waals surface area contributed by atoms with E-state index >= 15 is 0 Å². The van der Waals surface area contributed by atoms with Gasteiger partial charge in [-0.25, -0.2) is 0 Å². The van der Waals surface area contributed by atoms with Gasteiger partial charge >= 0.3 is 0 Å². The summed E-state index contributed by atoms with van der Waals surface area (Å²) in [6, 6.07) is 61.9. The Morgan fingerprint density at radius 1 is 0.306 bits per heavy atom. The fourth-order valence-electron chi connectivity index (χ4n) is 9.79. The van der Waals surface area contributed by atoms with Gasteiger partial charge in [-0.15, -0.1) is 45.3 Å². The molecule has 6 heterocycles. The van der Waals surface area contributed by atoms with Crippen LogP contribution < -0.4 is 0 Å². The first-order chi connectivity index (χ1) is 30.7. The second-order valence-electron chi connectivity index (χ2n) is 16.0. The van der Waals surface area contributed by atoms with Gasteiger partial charge in [0.1, 0.15) is 20.4 Å². The Morgan fingerprint density at radius 2 is 0.694 bits per heavy atom. The third kappa shape index (κ3) is 4.59. The molecule has 15 rings (SSSR count). The van der Waals surface area contributed by atoms with Crippen LogP contribution >= 0.6 is 45.3 Å². The highest BCUT2D eigenvalue weighted by Crippen LogP contribution is 2.47. The summed E-state index contributed by atoms with van der Waals surface area (Å²) in [5.74, 6) is 0. The molecule has 290 valence electrons. The van der Waals surface area contributed by atoms with E-state index in [1.54, 1.807) is 22.7 Å². The largest absolute Gasteiger partial charge is 0.451 e. The van der Waals surface area contributed by atoms with E-state index in [-0.39, 0.29) is 0 Å². The first-order valence-corrected chi connectivity index (χ1v) is 23.8. The van der Waals surface area contributed by atoms with Gasteiger partial charge in [0.05, 0.1) is 31.5 Å². The predicted molar refractivity (Wildman–Crippen MR) is 268 cm³/mol. The Morgan fingerprint density at radius 3 is 1.18 bits per heavy atom. The fourth-order valence-corrected chi connectivity index (χ4v) is 14.2. The Hall–Kier alpha value is -6.94. The molecule has 0 saturated heterocycles. The summed E-state index contributed by atoms with van der Waals surface area (Å²) < 4.78 is 29.1. The molecular weight excluding hydrogens is 837 g/mol. The Kier molecular flexibility index (Phi) is 6.71. The minimum absolute atomic E-state index is 0.831. The Balaban J connectivity index is 1.05. The summed E-state index contributed by atoms with van der Waals surface area (Å²) in [5, 5.41) is 5.17. The van der Waals surface area contributed by atoms with Crippen molar-refractivity contribution in [1.82, 2.24) is 8.80 Å². The van der Waals surface area contributed by atoms with Gasteiger partial charge in [-0.05, 0) is 107 Å².